The molecule has 0 heterocycles. The van der Waals surface area contributed by atoms with Gasteiger partial charge in [0.2, 0.25) is 0 Å². The quantitative estimate of drug-likeness (QED) is 0.295. The van der Waals surface area contributed by atoms with Crippen molar-refractivity contribution in [2.75, 3.05) is 19.8 Å². The SMILES string of the molecule is C=C(/C=C1/CC[C@H](COCCCCCCCCCC)C/C1=C/C)[C@H]1CC[C@](N)(CO)C1. The summed E-state index contributed by atoms with van der Waals surface area (Å²) in [5, 5.41) is 9.54. The van der Waals surface area contributed by atoms with Crippen LogP contribution in [0.15, 0.2) is 35.5 Å². The lowest BCUT2D eigenvalue weighted by molar-refractivity contribution is 0.0910. The molecule has 0 spiro atoms. The van der Waals surface area contributed by atoms with Crippen LogP contribution in [0.2, 0.25) is 0 Å². The van der Waals surface area contributed by atoms with E-state index in [2.05, 4.69) is 32.6 Å². The normalized spacial score (nSPS) is 29.2. The molecular formula is C28H49NO2. The van der Waals surface area contributed by atoms with Crippen LogP contribution in [0.3, 0.4) is 0 Å². The van der Waals surface area contributed by atoms with Crippen LogP contribution < -0.4 is 5.73 Å². The molecule has 3 nitrogen and oxygen atoms in total. The molecule has 0 aromatic heterocycles. The van der Waals surface area contributed by atoms with Crippen molar-refractivity contribution in [2.24, 2.45) is 17.6 Å². The first-order chi connectivity index (χ1) is 15.0. The Balaban J connectivity index is 1.65. The summed E-state index contributed by atoms with van der Waals surface area (Å²) >= 11 is 0. The fraction of sp³-hybridized carbons (Fsp3) is 0.786. The summed E-state index contributed by atoms with van der Waals surface area (Å²) in [4.78, 5) is 0. The second kappa shape index (κ2) is 14.3. The highest BCUT2D eigenvalue weighted by Crippen LogP contribution is 2.39. The van der Waals surface area contributed by atoms with Crippen LogP contribution in [-0.4, -0.2) is 30.5 Å². The highest BCUT2D eigenvalue weighted by molar-refractivity contribution is 5.39. The molecule has 2 rings (SSSR count). The predicted molar refractivity (Wildman–Crippen MR) is 133 cm³/mol. The van der Waals surface area contributed by atoms with Gasteiger partial charge in [-0.15, -0.1) is 0 Å². The standard InChI is InChI=1S/C28H49NO2/c1-4-6-7-8-9-10-11-12-17-31-21-24-13-14-26(25(5-2)19-24)18-23(3)27-15-16-28(29,20-27)22-30/h5,18,24,27,30H,3-4,6-17,19-22,29H2,1-2H3/b25-5-,26-18-/t24-,27-,28+/m0/s1. The summed E-state index contributed by atoms with van der Waals surface area (Å²) in [6.07, 6.45) is 21.6. The van der Waals surface area contributed by atoms with Gasteiger partial charge in [0.15, 0.2) is 0 Å². The lowest BCUT2D eigenvalue weighted by Crippen LogP contribution is -2.40. The minimum atomic E-state index is -0.403. The van der Waals surface area contributed by atoms with Crippen LogP contribution >= 0.6 is 0 Å². The molecule has 3 heteroatoms. The van der Waals surface area contributed by atoms with Crippen LogP contribution in [-0.2, 0) is 4.74 Å². The van der Waals surface area contributed by atoms with E-state index in [1.165, 1.54) is 74.5 Å². The van der Waals surface area contributed by atoms with Crippen molar-refractivity contribution in [3.05, 3.63) is 35.5 Å². The highest BCUT2D eigenvalue weighted by atomic mass is 16.5. The van der Waals surface area contributed by atoms with Gasteiger partial charge >= 0.3 is 0 Å². The van der Waals surface area contributed by atoms with Crippen LogP contribution in [0.5, 0.6) is 0 Å². The first-order valence-corrected chi connectivity index (χ1v) is 13.0. The van der Waals surface area contributed by atoms with E-state index in [4.69, 9.17) is 10.5 Å². The predicted octanol–water partition coefficient (Wildman–Crippen LogP) is 6.86. The Labute approximate surface area is 192 Å². The molecule has 2 saturated carbocycles. The van der Waals surface area contributed by atoms with E-state index in [1.54, 1.807) is 0 Å². The maximum atomic E-state index is 9.54. The smallest absolute Gasteiger partial charge is 0.0611 e. The molecule has 0 aliphatic heterocycles. The van der Waals surface area contributed by atoms with Gasteiger partial charge in [0.25, 0.3) is 0 Å². The fourth-order valence-corrected chi connectivity index (χ4v) is 5.22. The summed E-state index contributed by atoms with van der Waals surface area (Å²) in [7, 11) is 0. The summed E-state index contributed by atoms with van der Waals surface area (Å²) in [6.45, 7) is 10.7. The van der Waals surface area contributed by atoms with Crippen LogP contribution in [0.1, 0.15) is 104 Å². The first-order valence-electron chi connectivity index (χ1n) is 13.0. The summed E-state index contributed by atoms with van der Waals surface area (Å²) in [5.74, 6) is 1.05. The molecule has 2 fully saturated rings. The van der Waals surface area contributed by atoms with E-state index in [1.807, 2.05) is 0 Å². The summed E-state index contributed by atoms with van der Waals surface area (Å²) in [5.41, 5.74) is 9.97. The first kappa shape index (κ1) is 26.4. The number of hydrogen-bond acceptors (Lipinski definition) is 3. The van der Waals surface area contributed by atoms with Gasteiger partial charge in [-0.2, -0.15) is 0 Å². The van der Waals surface area contributed by atoms with Crippen molar-refractivity contribution in [3.63, 3.8) is 0 Å². The lowest BCUT2D eigenvalue weighted by atomic mass is 9.80. The number of aliphatic hydroxyl groups excluding tert-OH is 1. The molecule has 0 aromatic carbocycles. The molecule has 0 saturated heterocycles. The van der Waals surface area contributed by atoms with Crippen LogP contribution in [0, 0.1) is 11.8 Å². The number of allylic oxidation sites excluding steroid dienone is 5. The fourth-order valence-electron chi connectivity index (χ4n) is 5.22. The average Bonchev–Trinajstić information content (AvgIpc) is 3.19. The van der Waals surface area contributed by atoms with Gasteiger partial charge in [-0.25, -0.2) is 0 Å². The zero-order chi connectivity index (χ0) is 22.5. The van der Waals surface area contributed by atoms with Crippen molar-refractivity contribution >= 4 is 0 Å². The number of nitrogens with two attached hydrogens (primary N) is 1. The number of ether oxygens (including phenoxy) is 1. The second-order valence-corrected chi connectivity index (χ2v) is 10.2. The zero-order valence-corrected chi connectivity index (χ0v) is 20.5. The average molecular weight is 432 g/mol. The maximum absolute atomic E-state index is 9.54. The highest BCUT2D eigenvalue weighted by Gasteiger charge is 2.36. The minimum absolute atomic E-state index is 0.0775. The number of hydrogen-bond donors (Lipinski definition) is 2. The van der Waals surface area contributed by atoms with E-state index in [9.17, 15) is 5.11 Å². The van der Waals surface area contributed by atoms with E-state index in [0.717, 1.165) is 45.3 Å². The van der Waals surface area contributed by atoms with Gasteiger partial charge < -0.3 is 15.6 Å². The molecule has 0 unspecified atom stereocenters. The minimum Gasteiger partial charge on any atom is -0.394 e. The Bertz CT molecular complexity index is 594. The van der Waals surface area contributed by atoms with Gasteiger partial charge in [-0.05, 0) is 74.9 Å². The van der Waals surface area contributed by atoms with Gasteiger partial charge in [0.1, 0.15) is 0 Å². The maximum Gasteiger partial charge on any atom is 0.0611 e. The molecule has 3 atom stereocenters. The van der Waals surface area contributed by atoms with Crippen molar-refractivity contribution in [2.45, 2.75) is 109 Å². The third-order valence-electron chi connectivity index (χ3n) is 7.43. The molecule has 0 bridgehead atoms. The number of aliphatic hydroxyl groups is 1. The van der Waals surface area contributed by atoms with Crippen molar-refractivity contribution in [3.8, 4) is 0 Å². The van der Waals surface area contributed by atoms with Gasteiger partial charge in [0.05, 0.1) is 6.61 Å². The number of rotatable bonds is 14. The molecule has 3 N–H and O–H groups in total. The van der Waals surface area contributed by atoms with Crippen LogP contribution in [0.4, 0.5) is 0 Å². The largest absolute Gasteiger partial charge is 0.394 e. The molecule has 0 aromatic rings. The molecule has 2 aliphatic rings. The molecule has 0 radical (unpaired) electrons. The van der Waals surface area contributed by atoms with E-state index < -0.39 is 5.54 Å². The Morgan fingerprint density at radius 1 is 1.13 bits per heavy atom. The Morgan fingerprint density at radius 2 is 1.84 bits per heavy atom. The zero-order valence-electron chi connectivity index (χ0n) is 20.5. The van der Waals surface area contributed by atoms with E-state index in [-0.39, 0.29) is 6.61 Å². The monoisotopic (exact) mass is 431 g/mol. The topological polar surface area (TPSA) is 55.5 Å². The summed E-state index contributed by atoms with van der Waals surface area (Å²) in [6, 6.07) is 0. The Hall–Kier alpha value is -0.900. The summed E-state index contributed by atoms with van der Waals surface area (Å²) < 4.78 is 6.04. The van der Waals surface area contributed by atoms with Gasteiger partial charge in [0, 0.05) is 18.8 Å². The van der Waals surface area contributed by atoms with E-state index >= 15 is 0 Å². The molecule has 2 aliphatic carbocycles. The molecule has 0 amide bonds. The Kier molecular flexibility index (Phi) is 12.1. The lowest BCUT2D eigenvalue weighted by Gasteiger charge is -2.27. The van der Waals surface area contributed by atoms with Gasteiger partial charge in [-0.3, -0.25) is 0 Å². The van der Waals surface area contributed by atoms with E-state index in [0.29, 0.717) is 11.8 Å². The third-order valence-corrected chi connectivity index (χ3v) is 7.43. The Morgan fingerprint density at radius 3 is 2.48 bits per heavy atom. The molecular weight excluding hydrogens is 382 g/mol. The van der Waals surface area contributed by atoms with Crippen molar-refractivity contribution < 1.29 is 9.84 Å². The van der Waals surface area contributed by atoms with Crippen LogP contribution in [0.25, 0.3) is 0 Å². The number of unbranched alkanes of at least 4 members (excludes halogenated alkanes) is 7. The van der Waals surface area contributed by atoms with Gasteiger partial charge in [-0.1, -0.05) is 76.2 Å². The molecule has 178 valence electrons. The van der Waals surface area contributed by atoms with Crippen molar-refractivity contribution in [1.82, 2.24) is 0 Å². The molecule has 31 heavy (non-hydrogen) atoms. The van der Waals surface area contributed by atoms with Crippen molar-refractivity contribution in [1.29, 1.82) is 0 Å². The second-order valence-electron chi connectivity index (χ2n) is 10.2. The third kappa shape index (κ3) is 9.24.